The van der Waals surface area contributed by atoms with E-state index in [-0.39, 0.29) is 43.2 Å². The summed E-state index contributed by atoms with van der Waals surface area (Å²) < 4.78 is 28.4. The number of morpholine rings is 1. The Morgan fingerprint density at radius 1 is 1.38 bits per heavy atom. The van der Waals surface area contributed by atoms with Crippen LogP contribution in [0.4, 0.5) is 4.79 Å². The number of urea groups is 1. The largest absolute Gasteiger partial charge is 0.481 e. The second kappa shape index (κ2) is 6.61. The van der Waals surface area contributed by atoms with Crippen molar-refractivity contribution >= 4 is 21.8 Å². The molecule has 0 radical (unpaired) electrons. The number of amides is 2. The Morgan fingerprint density at radius 2 is 2.14 bits per heavy atom. The Balaban J connectivity index is 1.86. The highest BCUT2D eigenvalue weighted by Crippen LogP contribution is 2.14. The maximum atomic E-state index is 12.1. The molecule has 0 saturated carbocycles. The summed E-state index contributed by atoms with van der Waals surface area (Å²) in [6.07, 6.45) is 0.533. The predicted molar refractivity (Wildman–Crippen MR) is 73.8 cm³/mol. The Morgan fingerprint density at radius 3 is 2.81 bits per heavy atom. The van der Waals surface area contributed by atoms with Crippen LogP contribution < -0.4 is 5.32 Å². The van der Waals surface area contributed by atoms with Gasteiger partial charge in [0.2, 0.25) is 0 Å². The van der Waals surface area contributed by atoms with Gasteiger partial charge in [-0.15, -0.1) is 0 Å². The van der Waals surface area contributed by atoms with Crippen molar-refractivity contribution in [3.8, 4) is 0 Å². The molecule has 120 valence electrons. The Labute approximate surface area is 123 Å². The molecule has 0 spiro atoms. The third-order valence-electron chi connectivity index (χ3n) is 3.62. The summed E-state index contributed by atoms with van der Waals surface area (Å²) in [5.41, 5.74) is 0. The number of nitrogens with one attached hydrogen (secondary N) is 1. The summed E-state index contributed by atoms with van der Waals surface area (Å²) in [4.78, 5) is 24.3. The van der Waals surface area contributed by atoms with Crippen molar-refractivity contribution in [3.05, 3.63) is 0 Å². The third-order valence-corrected chi connectivity index (χ3v) is 5.44. The van der Waals surface area contributed by atoms with Gasteiger partial charge in [0, 0.05) is 19.1 Å². The van der Waals surface area contributed by atoms with E-state index in [1.54, 1.807) is 0 Å². The first kappa shape index (κ1) is 16.0. The number of hydrogen-bond acceptors (Lipinski definition) is 5. The summed E-state index contributed by atoms with van der Waals surface area (Å²) in [5, 5.41) is 11.5. The first-order chi connectivity index (χ1) is 9.85. The van der Waals surface area contributed by atoms with Crippen molar-refractivity contribution in [2.24, 2.45) is 0 Å². The van der Waals surface area contributed by atoms with Gasteiger partial charge in [0.1, 0.15) is 0 Å². The first-order valence-corrected chi connectivity index (χ1v) is 8.77. The van der Waals surface area contributed by atoms with Gasteiger partial charge >= 0.3 is 12.0 Å². The first-order valence-electron chi connectivity index (χ1n) is 6.95. The van der Waals surface area contributed by atoms with Gasteiger partial charge in [-0.25, -0.2) is 13.2 Å². The van der Waals surface area contributed by atoms with Crippen LogP contribution in [-0.2, 0) is 19.4 Å². The average molecular weight is 320 g/mol. The van der Waals surface area contributed by atoms with Crippen molar-refractivity contribution in [2.45, 2.75) is 31.4 Å². The second-order valence-corrected chi connectivity index (χ2v) is 7.67. The second-order valence-electron chi connectivity index (χ2n) is 5.44. The van der Waals surface area contributed by atoms with Crippen LogP contribution in [0.2, 0.25) is 0 Å². The van der Waals surface area contributed by atoms with Crippen LogP contribution in [0, 0.1) is 0 Å². The maximum Gasteiger partial charge on any atom is 0.317 e. The number of ether oxygens (including phenoxy) is 1. The Kier molecular flexibility index (Phi) is 5.04. The molecule has 9 heteroatoms. The molecule has 0 aliphatic carbocycles. The van der Waals surface area contributed by atoms with Gasteiger partial charge < -0.3 is 20.1 Å². The monoisotopic (exact) mass is 320 g/mol. The van der Waals surface area contributed by atoms with E-state index >= 15 is 0 Å². The van der Waals surface area contributed by atoms with Gasteiger partial charge in [0.25, 0.3) is 0 Å². The SMILES string of the molecule is O=C(O)CC1CN(C(=O)NC2CCCS(=O)(=O)C2)CCO1. The maximum absolute atomic E-state index is 12.1. The van der Waals surface area contributed by atoms with Crippen LogP contribution in [0.3, 0.4) is 0 Å². The fraction of sp³-hybridized carbons (Fsp3) is 0.833. The molecule has 2 unspecified atom stereocenters. The molecule has 2 N–H and O–H groups in total. The number of hydrogen-bond donors (Lipinski definition) is 2. The molecule has 0 aromatic carbocycles. The molecule has 2 aliphatic heterocycles. The quantitative estimate of drug-likeness (QED) is 0.721. The smallest absolute Gasteiger partial charge is 0.317 e. The molecule has 0 aromatic rings. The van der Waals surface area contributed by atoms with Crippen molar-refractivity contribution in [1.29, 1.82) is 0 Å². The van der Waals surface area contributed by atoms with Crippen molar-refractivity contribution in [1.82, 2.24) is 10.2 Å². The summed E-state index contributed by atoms with van der Waals surface area (Å²) >= 11 is 0. The topological polar surface area (TPSA) is 113 Å². The van der Waals surface area contributed by atoms with E-state index < -0.39 is 21.9 Å². The van der Waals surface area contributed by atoms with Crippen LogP contribution in [-0.4, -0.2) is 73.8 Å². The van der Waals surface area contributed by atoms with E-state index in [2.05, 4.69) is 5.32 Å². The van der Waals surface area contributed by atoms with Gasteiger partial charge in [-0.05, 0) is 12.8 Å². The molecule has 2 amide bonds. The summed E-state index contributed by atoms with van der Waals surface area (Å²) in [6.45, 7) is 0.868. The highest BCUT2D eigenvalue weighted by molar-refractivity contribution is 7.91. The summed E-state index contributed by atoms with van der Waals surface area (Å²) in [5.74, 6) is -0.820. The number of rotatable bonds is 3. The average Bonchev–Trinajstić information content (AvgIpc) is 2.37. The minimum absolute atomic E-state index is 0.0262. The van der Waals surface area contributed by atoms with Crippen LogP contribution in [0.5, 0.6) is 0 Å². The van der Waals surface area contributed by atoms with Gasteiger partial charge in [-0.3, -0.25) is 4.79 Å². The molecule has 8 nitrogen and oxygen atoms in total. The fourth-order valence-electron chi connectivity index (χ4n) is 2.62. The number of nitrogens with zero attached hydrogens (tertiary/aromatic N) is 1. The fourth-order valence-corrected chi connectivity index (χ4v) is 4.26. The lowest BCUT2D eigenvalue weighted by molar-refractivity contribution is -0.141. The van der Waals surface area contributed by atoms with Crippen LogP contribution in [0.15, 0.2) is 0 Å². The zero-order valence-electron chi connectivity index (χ0n) is 11.7. The molecule has 2 rings (SSSR count). The standard InChI is InChI=1S/C12H20N2O6S/c15-11(16)6-10-7-14(3-4-20-10)12(17)13-9-2-1-5-21(18,19)8-9/h9-10H,1-8H2,(H,13,17)(H,15,16). The van der Waals surface area contributed by atoms with Gasteiger partial charge in [-0.1, -0.05) is 0 Å². The molecule has 2 aliphatic rings. The van der Waals surface area contributed by atoms with E-state index in [1.165, 1.54) is 4.90 Å². The third kappa shape index (κ3) is 4.85. The van der Waals surface area contributed by atoms with Gasteiger partial charge in [-0.2, -0.15) is 0 Å². The zero-order chi connectivity index (χ0) is 15.5. The van der Waals surface area contributed by atoms with E-state index in [1.807, 2.05) is 0 Å². The number of carboxylic acid groups (broad SMARTS) is 1. The molecule has 0 bridgehead atoms. The van der Waals surface area contributed by atoms with Crippen molar-refractivity contribution in [2.75, 3.05) is 31.2 Å². The van der Waals surface area contributed by atoms with E-state index in [9.17, 15) is 18.0 Å². The van der Waals surface area contributed by atoms with Crippen molar-refractivity contribution in [3.63, 3.8) is 0 Å². The molecule has 2 heterocycles. The van der Waals surface area contributed by atoms with Gasteiger partial charge in [0.05, 0.1) is 30.6 Å². The van der Waals surface area contributed by atoms with E-state index in [0.717, 1.165) is 0 Å². The number of carboxylic acids is 1. The summed E-state index contributed by atoms with van der Waals surface area (Å²) in [6, 6.07) is -0.715. The van der Waals surface area contributed by atoms with Crippen LogP contribution >= 0.6 is 0 Å². The molecule has 2 saturated heterocycles. The Bertz CT molecular complexity index is 506. The number of sulfone groups is 1. The normalized spacial score (nSPS) is 28.9. The predicted octanol–water partition coefficient (Wildman–Crippen LogP) is -0.551. The van der Waals surface area contributed by atoms with Gasteiger partial charge in [0.15, 0.2) is 9.84 Å². The van der Waals surface area contributed by atoms with E-state index in [0.29, 0.717) is 19.4 Å². The highest BCUT2D eigenvalue weighted by Gasteiger charge is 2.30. The number of aliphatic carboxylic acids is 1. The lowest BCUT2D eigenvalue weighted by Gasteiger charge is -2.34. The van der Waals surface area contributed by atoms with Crippen LogP contribution in [0.1, 0.15) is 19.3 Å². The lowest BCUT2D eigenvalue weighted by Crippen LogP contribution is -2.54. The minimum atomic E-state index is -3.07. The number of carbonyl (C=O) groups is 2. The summed E-state index contributed by atoms with van der Waals surface area (Å²) in [7, 11) is -3.07. The molecular weight excluding hydrogens is 300 g/mol. The lowest BCUT2D eigenvalue weighted by atomic mass is 10.2. The molecule has 2 atom stereocenters. The zero-order valence-corrected chi connectivity index (χ0v) is 12.5. The minimum Gasteiger partial charge on any atom is -0.481 e. The van der Waals surface area contributed by atoms with Crippen LogP contribution in [0.25, 0.3) is 0 Å². The van der Waals surface area contributed by atoms with Crippen molar-refractivity contribution < 1.29 is 27.9 Å². The number of carbonyl (C=O) groups excluding carboxylic acids is 1. The van der Waals surface area contributed by atoms with E-state index in [4.69, 9.17) is 9.84 Å². The molecular formula is C12H20N2O6S. The highest BCUT2D eigenvalue weighted by atomic mass is 32.2. The molecule has 0 aromatic heterocycles. The Hall–Kier alpha value is -1.35. The molecule has 21 heavy (non-hydrogen) atoms. The molecule has 2 fully saturated rings.